The third-order valence-electron chi connectivity index (χ3n) is 4.15. The van der Waals surface area contributed by atoms with Gasteiger partial charge in [0.25, 0.3) is 0 Å². The molecular formula is C19H23N3O. The van der Waals surface area contributed by atoms with E-state index in [4.69, 9.17) is 0 Å². The Bertz CT molecular complexity index is 615. The Balaban J connectivity index is 1.53. The Labute approximate surface area is 137 Å². The zero-order valence-electron chi connectivity index (χ0n) is 13.3. The lowest BCUT2D eigenvalue weighted by Gasteiger charge is -2.22. The van der Waals surface area contributed by atoms with Crippen molar-refractivity contribution >= 4 is 11.7 Å². The van der Waals surface area contributed by atoms with Crippen LogP contribution in [0.15, 0.2) is 60.7 Å². The quantitative estimate of drug-likeness (QED) is 0.943. The Hall–Kier alpha value is -2.33. The number of anilines is 1. The molecule has 0 bridgehead atoms. The number of nitrogens with one attached hydrogen (secondary N) is 1. The zero-order valence-corrected chi connectivity index (χ0v) is 13.3. The van der Waals surface area contributed by atoms with E-state index in [0.717, 1.165) is 44.8 Å². The van der Waals surface area contributed by atoms with E-state index >= 15 is 0 Å². The minimum atomic E-state index is -0.00207. The second-order valence-corrected chi connectivity index (χ2v) is 5.90. The Kier molecular flexibility index (Phi) is 5.27. The molecular weight excluding hydrogens is 286 g/mol. The fourth-order valence-corrected chi connectivity index (χ4v) is 2.90. The van der Waals surface area contributed by atoms with Crippen molar-refractivity contribution < 1.29 is 4.79 Å². The van der Waals surface area contributed by atoms with Gasteiger partial charge in [0.05, 0.1) is 0 Å². The number of rotatable bonds is 3. The van der Waals surface area contributed by atoms with Gasteiger partial charge in [-0.25, -0.2) is 4.79 Å². The van der Waals surface area contributed by atoms with Crippen LogP contribution in [0.3, 0.4) is 0 Å². The van der Waals surface area contributed by atoms with Crippen molar-refractivity contribution in [3.63, 3.8) is 0 Å². The van der Waals surface area contributed by atoms with Crippen LogP contribution in [0.25, 0.3) is 0 Å². The summed E-state index contributed by atoms with van der Waals surface area (Å²) in [7, 11) is 0. The topological polar surface area (TPSA) is 35.6 Å². The first-order valence-corrected chi connectivity index (χ1v) is 8.18. The highest BCUT2D eigenvalue weighted by Gasteiger charge is 2.19. The third-order valence-corrected chi connectivity index (χ3v) is 4.15. The van der Waals surface area contributed by atoms with Crippen LogP contribution in [0, 0.1) is 0 Å². The summed E-state index contributed by atoms with van der Waals surface area (Å²) in [5.41, 5.74) is 2.18. The Morgan fingerprint density at radius 2 is 1.57 bits per heavy atom. The molecule has 1 aliphatic rings. The van der Waals surface area contributed by atoms with Crippen molar-refractivity contribution in [1.82, 2.24) is 9.80 Å². The number of para-hydroxylation sites is 1. The first-order valence-electron chi connectivity index (χ1n) is 8.18. The molecule has 1 saturated heterocycles. The minimum Gasteiger partial charge on any atom is -0.323 e. The summed E-state index contributed by atoms with van der Waals surface area (Å²) in [5, 5.41) is 2.97. The minimum absolute atomic E-state index is 0.00207. The second kappa shape index (κ2) is 7.79. The molecule has 1 heterocycles. The van der Waals surface area contributed by atoms with Crippen molar-refractivity contribution in [3.05, 3.63) is 66.2 Å². The monoisotopic (exact) mass is 309 g/mol. The van der Waals surface area contributed by atoms with Crippen LogP contribution in [0.2, 0.25) is 0 Å². The predicted molar refractivity (Wildman–Crippen MR) is 93.4 cm³/mol. The normalized spacial score (nSPS) is 15.9. The highest BCUT2D eigenvalue weighted by Crippen LogP contribution is 2.11. The van der Waals surface area contributed by atoms with Gasteiger partial charge in [0.2, 0.25) is 0 Å². The van der Waals surface area contributed by atoms with Crippen molar-refractivity contribution in [1.29, 1.82) is 0 Å². The summed E-state index contributed by atoms with van der Waals surface area (Å²) >= 11 is 0. The fourth-order valence-electron chi connectivity index (χ4n) is 2.90. The van der Waals surface area contributed by atoms with Crippen molar-refractivity contribution in [3.8, 4) is 0 Å². The van der Waals surface area contributed by atoms with Gasteiger partial charge >= 0.3 is 6.03 Å². The molecule has 2 amide bonds. The summed E-state index contributed by atoms with van der Waals surface area (Å²) in [6.45, 7) is 4.48. The summed E-state index contributed by atoms with van der Waals surface area (Å²) < 4.78 is 0. The highest BCUT2D eigenvalue weighted by molar-refractivity contribution is 5.89. The maximum atomic E-state index is 12.4. The molecule has 23 heavy (non-hydrogen) atoms. The van der Waals surface area contributed by atoms with Crippen LogP contribution < -0.4 is 5.32 Å². The van der Waals surface area contributed by atoms with Crippen LogP contribution in [-0.2, 0) is 6.54 Å². The van der Waals surface area contributed by atoms with Gasteiger partial charge in [-0.1, -0.05) is 48.5 Å². The molecule has 120 valence electrons. The van der Waals surface area contributed by atoms with Gasteiger partial charge in [-0.15, -0.1) is 0 Å². The van der Waals surface area contributed by atoms with E-state index in [9.17, 15) is 4.79 Å². The van der Waals surface area contributed by atoms with Gasteiger partial charge in [0, 0.05) is 38.4 Å². The number of nitrogens with zero attached hydrogens (tertiary/aromatic N) is 2. The van der Waals surface area contributed by atoms with Gasteiger partial charge < -0.3 is 10.2 Å². The highest BCUT2D eigenvalue weighted by atomic mass is 16.2. The van der Waals surface area contributed by atoms with E-state index in [1.54, 1.807) is 0 Å². The molecule has 1 N–H and O–H groups in total. The molecule has 2 aromatic rings. The van der Waals surface area contributed by atoms with Crippen LogP contribution >= 0.6 is 0 Å². The van der Waals surface area contributed by atoms with Gasteiger partial charge in [0.1, 0.15) is 0 Å². The van der Waals surface area contributed by atoms with E-state index in [1.807, 2.05) is 41.3 Å². The fraction of sp³-hybridized carbons (Fsp3) is 0.316. The number of hydrogen-bond donors (Lipinski definition) is 1. The van der Waals surface area contributed by atoms with Crippen LogP contribution in [-0.4, -0.2) is 42.0 Å². The zero-order chi connectivity index (χ0) is 15.9. The number of carbonyl (C=O) groups excluding carboxylic acids is 1. The molecule has 0 radical (unpaired) electrons. The molecule has 4 heteroatoms. The Morgan fingerprint density at radius 1 is 0.870 bits per heavy atom. The lowest BCUT2D eigenvalue weighted by Crippen LogP contribution is -2.38. The van der Waals surface area contributed by atoms with E-state index in [1.165, 1.54) is 5.56 Å². The molecule has 0 unspecified atom stereocenters. The molecule has 0 aromatic heterocycles. The van der Waals surface area contributed by atoms with Gasteiger partial charge in [-0.3, -0.25) is 4.90 Å². The van der Waals surface area contributed by atoms with Crippen molar-refractivity contribution in [2.75, 3.05) is 31.5 Å². The third kappa shape index (κ3) is 4.57. The number of amides is 2. The summed E-state index contributed by atoms with van der Waals surface area (Å²) in [4.78, 5) is 16.7. The van der Waals surface area contributed by atoms with Crippen LogP contribution in [0.1, 0.15) is 12.0 Å². The van der Waals surface area contributed by atoms with E-state index in [-0.39, 0.29) is 6.03 Å². The lowest BCUT2D eigenvalue weighted by molar-refractivity contribution is 0.211. The average Bonchev–Trinajstić information content (AvgIpc) is 2.82. The molecule has 0 aliphatic carbocycles. The molecule has 2 aromatic carbocycles. The number of benzene rings is 2. The largest absolute Gasteiger partial charge is 0.323 e. The maximum Gasteiger partial charge on any atom is 0.321 e. The number of hydrogen-bond acceptors (Lipinski definition) is 2. The van der Waals surface area contributed by atoms with Gasteiger partial charge in [-0.2, -0.15) is 0 Å². The molecule has 0 saturated carbocycles. The van der Waals surface area contributed by atoms with Crippen molar-refractivity contribution in [2.45, 2.75) is 13.0 Å². The first-order chi connectivity index (χ1) is 11.3. The average molecular weight is 309 g/mol. The van der Waals surface area contributed by atoms with E-state index < -0.39 is 0 Å². The van der Waals surface area contributed by atoms with E-state index in [2.05, 4.69) is 34.5 Å². The van der Waals surface area contributed by atoms with Crippen LogP contribution in [0.4, 0.5) is 10.5 Å². The summed E-state index contributed by atoms with van der Waals surface area (Å²) in [6.07, 6.45) is 1.01. The smallest absolute Gasteiger partial charge is 0.321 e. The predicted octanol–water partition coefficient (Wildman–Crippen LogP) is 3.43. The van der Waals surface area contributed by atoms with Crippen LogP contribution in [0.5, 0.6) is 0 Å². The molecule has 0 spiro atoms. The number of carbonyl (C=O) groups is 1. The second-order valence-electron chi connectivity index (χ2n) is 5.90. The van der Waals surface area contributed by atoms with Gasteiger partial charge in [0.15, 0.2) is 0 Å². The van der Waals surface area contributed by atoms with Gasteiger partial charge in [-0.05, 0) is 24.1 Å². The number of urea groups is 1. The lowest BCUT2D eigenvalue weighted by atomic mass is 10.2. The summed E-state index contributed by atoms with van der Waals surface area (Å²) in [5.74, 6) is 0. The first kappa shape index (κ1) is 15.6. The van der Waals surface area contributed by atoms with Crippen molar-refractivity contribution in [2.24, 2.45) is 0 Å². The molecule has 3 rings (SSSR count). The molecule has 0 atom stereocenters. The molecule has 1 fully saturated rings. The maximum absolute atomic E-state index is 12.4. The SMILES string of the molecule is O=C(Nc1ccccc1)N1CCCN(Cc2ccccc2)CC1. The molecule has 1 aliphatic heterocycles. The molecule has 4 nitrogen and oxygen atoms in total. The van der Waals surface area contributed by atoms with E-state index in [0.29, 0.717) is 0 Å². The Morgan fingerprint density at radius 3 is 2.30 bits per heavy atom. The summed E-state index contributed by atoms with van der Waals surface area (Å²) in [6, 6.07) is 20.1. The standard InChI is InChI=1S/C19H23N3O/c23-19(20-18-10-5-2-6-11-18)22-13-7-12-21(14-15-22)16-17-8-3-1-4-9-17/h1-6,8-11H,7,12-16H2,(H,20,23).